The van der Waals surface area contributed by atoms with E-state index in [1.54, 1.807) is 0 Å². The zero-order valence-corrected chi connectivity index (χ0v) is 37.0. The third-order valence-corrected chi connectivity index (χ3v) is 65.8. The standard InChI is InChI=1S/2C23H25.C2H7Si.2ClH.Zr/c2*1-2-17-15-21-9-6-10-22(23(21)16-17)20-13-11-19(12-14-20)18-7-4-3-5-8-18;1-3-2;;;/h2*6,9-16,18H,2-5,7-8H2,1H3;3H,1-2H3;2*1H;/q;;;;;+2/p-2. The summed E-state index contributed by atoms with van der Waals surface area (Å²) in [4.78, 5) is 0. The van der Waals surface area contributed by atoms with Crippen molar-refractivity contribution in [1.82, 2.24) is 0 Å². The fourth-order valence-electron chi connectivity index (χ4n) is 10.9. The molecule has 0 N–H and O–H groups in total. The molecule has 0 saturated heterocycles. The molecule has 4 aromatic rings. The van der Waals surface area contributed by atoms with E-state index in [2.05, 4.69) is 124 Å². The molecule has 0 radical (unpaired) electrons. The molecule has 0 aromatic heterocycles. The van der Waals surface area contributed by atoms with Gasteiger partial charge in [-0.3, -0.25) is 0 Å². The van der Waals surface area contributed by atoms with Gasteiger partial charge in [0.1, 0.15) is 0 Å². The first-order valence-electron chi connectivity index (χ1n) is 20.7. The molecule has 271 valence electrons. The van der Waals surface area contributed by atoms with Crippen molar-refractivity contribution in [3.8, 4) is 22.3 Å². The molecule has 0 aliphatic heterocycles. The van der Waals surface area contributed by atoms with E-state index in [1.807, 2.05) is 0 Å². The summed E-state index contributed by atoms with van der Waals surface area (Å²) in [5, 5.41) is 0. The SMILES string of the molecule is CCC1=Cc2c(-c3ccc(C4CCCCC4)cc3)cccc2[CH]1[Zr]([Cl])([Cl])([CH]1C(CC)=Cc2c(-c3ccc(C4CCCCC4)cc3)cccc21)[SiH](C)C. The summed E-state index contributed by atoms with van der Waals surface area (Å²) in [5.41, 5.74) is 16.7. The molecular formula is C48H57Cl2SiZr. The molecule has 8 rings (SSSR count). The predicted molar refractivity (Wildman–Crippen MR) is 228 cm³/mol. The Morgan fingerprint density at radius 1 is 0.538 bits per heavy atom. The Morgan fingerprint density at radius 3 is 1.27 bits per heavy atom. The molecule has 4 aliphatic carbocycles. The first-order chi connectivity index (χ1) is 25.2. The van der Waals surface area contributed by atoms with Crippen LogP contribution in [0.3, 0.4) is 0 Å². The molecule has 52 heavy (non-hydrogen) atoms. The Morgan fingerprint density at radius 2 is 0.923 bits per heavy atom. The molecular weight excluding hydrogens is 767 g/mol. The number of fused-ring (bicyclic) bond motifs is 2. The second-order valence-corrected chi connectivity index (χ2v) is 59.4. The fraction of sp³-hybridized carbons (Fsp3) is 0.417. The minimum absolute atomic E-state index is 0.127. The molecule has 2 unspecified atom stereocenters. The van der Waals surface area contributed by atoms with Crippen LogP contribution in [0, 0.1) is 0 Å². The number of benzene rings is 4. The van der Waals surface area contributed by atoms with Crippen molar-refractivity contribution in [2.24, 2.45) is 0 Å². The summed E-state index contributed by atoms with van der Waals surface area (Å²) in [7, 11) is 17.4. The van der Waals surface area contributed by atoms with Crippen LogP contribution in [0.4, 0.5) is 0 Å². The van der Waals surface area contributed by atoms with Crippen LogP contribution in [0.15, 0.2) is 96.1 Å². The molecule has 0 heterocycles. The van der Waals surface area contributed by atoms with Crippen LogP contribution >= 0.6 is 17.0 Å². The van der Waals surface area contributed by atoms with Crippen molar-refractivity contribution in [3.63, 3.8) is 0 Å². The zero-order chi connectivity index (χ0) is 36.1. The Hall–Kier alpha value is -1.96. The van der Waals surface area contributed by atoms with Gasteiger partial charge in [0, 0.05) is 0 Å². The van der Waals surface area contributed by atoms with Gasteiger partial charge in [0.25, 0.3) is 0 Å². The van der Waals surface area contributed by atoms with E-state index in [9.17, 15) is 0 Å². The van der Waals surface area contributed by atoms with Gasteiger partial charge in [0.2, 0.25) is 0 Å². The quantitative estimate of drug-likeness (QED) is 0.148. The van der Waals surface area contributed by atoms with Crippen LogP contribution in [0.2, 0.25) is 13.1 Å². The Kier molecular flexibility index (Phi) is 10.6. The molecule has 4 heteroatoms. The Labute approximate surface area is 322 Å². The normalized spacial score (nSPS) is 21.7. The average Bonchev–Trinajstić information content (AvgIpc) is 3.79. The average molecular weight is 824 g/mol. The molecule has 2 atom stereocenters. The monoisotopic (exact) mass is 821 g/mol. The topological polar surface area (TPSA) is 0 Å². The second kappa shape index (κ2) is 14.9. The molecule has 0 spiro atoms. The van der Waals surface area contributed by atoms with Gasteiger partial charge in [0.15, 0.2) is 0 Å². The summed E-state index contributed by atoms with van der Waals surface area (Å²) < 4.78 is 0.254. The molecule has 0 bridgehead atoms. The minimum atomic E-state index is -4.80. The molecule has 0 nitrogen and oxygen atoms in total. The summed E-state index contributed by atoms with van der Waals surface area (Å²) in [5.74, 6) is -0.176. The number of halogens is 2. The van der Waals surface area contributed by atoms with Gasteiger partial charge in [0.05, 0.1) is 0 Å². The van der Waals surface area contributed by atoms with Crippen molar-refractivity contribution < 1.29 is 15.6 Å². The van der Waals surface area contributed by atoms with Gasteiger partial charge in [-0.15, -0.1) is 0 Å². The Bertz CT molecular complexity index is 1850. The third kappa shape index (κ3) is 6.29. The molecule has 4 aliphatic rings. The zero-order valence-electron chi connectivity index (χ0n) is 31.9. The van der Waals surface area contributed by atoms with Gasteiger partial charge >= 0.3 is 325 Å². The van der Waals surface area contributed by atoms with Gasteiger partial charge in [-0.1, -0.05) is 0 Å². The van der Waals surface area contributed by atoms with Crippen molar-refractivity contribution in [2.45, 2.75) is 123 Å². The van der Waals surface area contributed by atoms with Gasteiger partial charge in [-0.2, -0.15) is 0 Å². The van der Waals surface area contributed by atoms with E-state index >= 15 is 0 Å². The van der Waals surface area contributed by atoms with Crippen LogP contribution in [0.25, 0.3) is 34.4 Å². The molecule has 2 saturated carbocycles. The van der Waals surface area contributed by atoms with Crippen LogP contribution in [-0.2, 0) is 15.6 Å². The third-order valence-electron chi connectivity index (χ3n) is 13.9. The van der Waals surface area contributed by atoms with Gasteiger partial charge in [-0.25, -0.2) is 0 Å². The van der Waals surface area contributed by atoms with Crippen molar-refractivity contribution in [3.05, 3.63) is 129 Å². The maximum absolute atomic E-state index is 8.71. The first-order valence-corrected chi connectivity index (χ1v) is 37.0. The maximum atomic E-state index is 8.71. The van der Waals surface area contributed by atoms with E-state index < -0.39 is 21.5 Å². The summed E-state index contributed by atoms with van der Waals surface area (Å²) >= 11 is -4.80. The van der Waals surface area contributed by atoms with Crippen LogP contribution < -0.4 is 0 Å². The Balaban J connectivity index is 1.20. The van der Waals surface area contributed by atoms with Crippen molar-refractivity contribution >= 4 is 35.1 Å². The number of rotatable bonds is 9. The van der Waals surface area contributed by atoms with E-state index in [0.29, 0.717) is 0 Å². The van der Waals surface area contributed by atoms with Crippen molar-refractivity contribution in [1.29, 1.82) is 0 Å². The number of allylic oxidation sites excluding steroid dienone is 2. The van der Waals surface area contributed by atoms with Crippen LogP contribution in [0.5, 0.6) is 0 Å². The predicted octanol–water partition coefficient (Wildman–Crippen LogP) is 15.5. The number of hydrogen-bond donors (Lipinski definition) is 0. The fourth-order valence-corrected chi connectivity index (χ4v) is 42.7. The first kappa shape index (κ1) is 37.0. The molecule has 4 aromatic carbocycles. The van der Waals surface area contributed by atoms with Gasteiger partial charge < -0.3 is 0 Å². The number of hydrogen-bond acceptors (Lipinski definition) is 0. The van der Waals surface area contributed by atoms with E-state index in [0.717, 1.165) is 24.7 Å². The van der Waals surface area contributed by atoms with Crippen LogP contribution in [-0.4, -0.2) is 5.92 Å². The van der Waals surface area contributed by atoms with E-state index in [-0.39, 0.29) is 7.25 Å². The van der Waals surface area contributed by atoms with E-state index in [1.165, 1.54) is 131 Å². The summed E-state index contributed by atoms with van der Waals surface area (Å²) in [6, 6.07) is 33.1. The summed E-state index contributed by atoms with van der Waals surface area (Å²) in [6.45, 7) is 9.60. The molecule has 2 fully saturated rings. The summed E-state index contributed by atoms with van der Waals surface area (Å²) in [6.07, 6.45) is 20.5. The molecule has 0 amide bonds. The second-order valence-electron chi connectivity index (χ2n) is 16.9. The van der Waals surface area contributed by atoms with Gasteiger partial charge in [-0.05, 0) is 0 Å². The van der Waals surface area contributed by atoms with E-state index in [4.69, 9.17) is 17.0 Å². The van der Waals surface area contributed by atoms with Crippen LogP contribution in [0.1, 0.15) is 143 Å². The van der Waals surface area contributed by atoms with Crippen molar-refractivity contribution in [2.75, 3.05) is 0 Å².